The van der Waals surface area contributed by atoms with Gasteiger partial charge in [0.1, 0.15) is 0 Å². The van der Waals surface area contributed by atoms with E-state index in [0.29, 0.717) is 23.0 Å². The molecule has 0 aliphatic carbocycles. The fraction of sp³-hybridized carbons (Fsp3) is 0.500. The Morgan fingerprint density at radius 1 is 1.53 bits per heavy atom. The van der Waals surface area contributed by atoms with Crippen LogP contribution in [0, 0.1) is 5.92 Å². The number of amides is 1. The van der Waals surface area contributed by atoms with E-state index in [9.17, 15) is 4.79 Å². The van der Waals surface area contributed by atoms with Gasteiger partial charge in [-0.15, -0.1) is 11.8 Å². The minimum absolute atomic E-state index is 0.0904. The lowest BCUT2D eigenvalue weighted by Crippen LogP contribution is -2.25. The molecule has 0 spiro atoms. The number of rotatable bonds is 7. The highest BCUT2D eigenvalue weighted by molar-refractivity contribution is 9.09. The summed E-state index contributed by atoms with van der Waals surface area (Å²) in [6, 6.07) is 5.53. The molecule has 2 nitrogen and oxygen atoms in total. The van der Waals surface area contributed by atoms with E-state index in [1.807, 2.05) is 18.4 Å². The van der Waals surface area contributed by atoms with Gasteiger partial charge in [-0.2, -0.15) is 0 Å². The summed E-state index contributed by atoms with van der Waals surface area (Å²) in [4.78, 5) is 13.1. The Morgan fingerprint density at radius 3 is 2.89 bits per heavy atom. The van der Waals surface area contributed by atoms with Crippen molar-refractivity contribution in [1.82, 2.24) is 5.32 Å². The molecule has 1 amide bonds. The zero-order valence-electron chi connectivity index (χ0n) is 11.2. The molecule has 1 aromatic carbocycles. The van der Waals surface area contributed by atoms with Crippen molar-refractivity contribution in [2.24, 2.45) is 5.92 Å². The molecule has 19 heavy (non-hydrogen) atoms. The predicted molar refractivity (Wildman–Crippen MR) is 87.8 cm³/mol. The van der Waals surface area contributed by atoms with Crippen LogP contribution in [0.25, 0.3) is 0 Å². The molecule has 1 aromatic rings. The lowest BCUT2D eigenvalue weighted by Gasteiger charge is -2.10. The normalized spacial score (nSPS) is 12.2. The van der Waals surface area contributed by atoms with Gasteiger partial charge in [-0.1, -0.05) is 34.5 Å². The van der Waals surface area contributed by atoms with Crippen molar-refractivity contribution in [3.63, 3.8) is 0 Å². The molecule has 5 heteroatoms. The van der Waals surface area contributed by atoms with Crippen molar-refractivity contribution in [3.05, 3.63) is 28.8 Å². The topological polar surface area (TPSA) is 29.1 Å². The van der Waals surface area contributed by atoms with Crippen molar-refractivity contribution in [2.45, 2.75) is 24.7 Å². The zero-order chi connectivity index (χ0) is 14.3. The largest absolute Gasteiger partial charge is 0.352 e. The van der Waals surface area contributed by atoms with Gasteiger partial charge < -0.3 is 5.32 Å². The van der Waals surface area contributed by atoms with Crippen LogP contribution in [-0.4, -0.2) is 24.0 Å². The summed E-state index contributed by atoms with van der Waals surface area (Å²) in [5, 5.41) is 4.43. The molecule has 0 saturated carbocycles. The van der Waals surface area contributed by atoms with Crippen LogP contribution in [0.2, 0.25) is 5.02 Å². The summed E-state index contributed by atoms with van der Waals surface area (Å²) in [5.74, 6) is 0.549. The van der Waals surface area contributed by atoms with Crippen molar-refractivity contribution in [2.75, 3.05) is 18.1 Å². The lowest BCUT2D eigenvalue weighted by atomic mass is 10.1. The summed E-state index contributed by atoms with van der Waals surface area (Å²) >= 11 is 11.1. The average Bonchev–Trinajstić information content (AvgIpc) is 2.43. The van der Waals surface area contributed by atoms with E-state index in [1.54, 1.807) is 17.8 Å². The Morgan fingerprint density at radius 2 is 2.26 bits per heavy atom. The van der Waals surface area contributed by atoms with Crippen LogP contribution in [0.5, 0.6) is 0 Å². The summed E-state index contributed by atoms with van der Waals surface area (Å²) in [6.07, 6.45) is 4.06. The number of hydrogen-bond acceptors (Lipinski definition) is 2. The maximum Gasteiger partial charge on any atom is 0.252 e. The number of halogens is 2. The fourth-order valence-corrected chi connectivity index (χ4v) is 2.60. The molecule has 1 unspecified atom stereocenters. The summed E-state index contributed by atoms with van der Waals surface area (Å²) in [7, 11) is 0. The van der Waals surface area contributed by atoms with Crippen LogP contribution in [0.1, 0.15) is 30.1 Å². The third-order valence-corrected chi connectivity index (χ3v) is 5.00. The third-order valence-electron chi connectivity index (χ3n) is 2.84. The molecule has 0 fully saturated rings. The van der Waals surface area contributed by atoms with Gasteiger partial charge in [0, 0.05) is 16.8 Å². The van der Waals surface area contributed by atoms with Gasteiger partial charge in [0.2, 0.25) is 0 Å². The van der Waals surface area contributed by atoms with E-state index in [0.717, 1.165) is 23.1 Å². The zero-order valence-corrected chi connectivity index (χ0v) is 14.4. The van der Waals surface area contributed by atoms with E-state index in [-0.39, 0.29) is 5.91 Å². The third kappa shape index (κ3) is 5.76. The smallest absolute Gasteiger partial charge is 0.252 e. The van der Waals surface area contributed by atoms with Gasteiger partial charge in [-0.25, -0.2) is 0 Å². The first kappa shape index (κ1) is 16.9. The molecular formula is C14H19BrClNOS. The molecule has 0 heterocycles. The highest BCUT2D eigenvalue weighted by Gasteiger charge is 2.10. The van der Waals surface area contributed by atoms with Gasteiger partial charge in [0.15, 0.2) is 0 Å². The average molecular weight is 365 g/mol. The Kier molecular flexibility index (Phi) is 7.88. The Balaban J connectivity index is 2.49. The van der Waals surface area contributed by atoms with E-state index >= 15 is 0 Å². The minimum atomic E-state index is -0.0904. The Bertz CT molecular complexity index is 428. The number of carbonyl (C=O) groups is 1. The molecule has 1 rings (SSSR count). The highest BCUT2D eigenvalue weighted by atomic mass is 79.9. The molecule has 0 saturated heterocycles. The molecule has 1 N–H and O–H groups in total. The second-order valence-corrected chi connectivity index (χ2v) is 6.44. The second-order valence-electron chi connectivity index (χ2n) is 4.50. The molecular weight excluding hydrogens is 346 g/mol. The molecule has 0 bridgehead atoms. The van der Waals surface area contributed by atoms with Crippen molar-refractivity contribution >= 4 is 45.2 Å². The maximum atomic E-state index is 12.0. The number of thioether (sulfide) groups is 1. The van der Waals surface area contributed by atoms with Gasteiger partial charge >= 0.3 is 0 Å². The van der Waals surface area contributed by atoms with Crippen LogP contribution >= 0.6 is 39.3 Å². The number of alkyl halides is 1. The van der Waals surface area contributed by atoms with E-state index in [2.05, 4.69) is 28.2 Å². The molecule has 106 valence electrons. The van der Waals surface area contributed by atoms with Gasteiger partial charge in [0.25, 0.3) is 5.91 Å². The summed E-state index contributed by atoms with van der Waals surface area (Å²) in [6.45, 7) is 2.88. The first-order valence-electron chi connectivity index (χ1n) is 6.26. The Hall–Kier alpha value is -0.190. The number of benzene rings is 1. The molecule has 0 radical (unpaired) electrons. The first-order valence-corrected chi connectivity index (χ1v) is 8.98. The number of carbonyl (C=O) groups excluding carboxylic acids is 1. The highest BCUT2D eigenvalue weighted by Crippen LogP contribution is 2.22. The molecule has 0 aliphatic rings. The molecule has 1 atom stereocenters. The van der Waals surface area contributed by atoms with Crippen molar-refractivity contribution < 1.29 is 4.79 Å². The fourth-order valence-electron chi connectivity index (χ4n) is 1.63. The number of nitrogens with one attached hydrogen (secondary N) is 1. The van der Waals surface area contributed by atoms with Crippen molar-refractivity contribution in [1.29, 1.82) is 0 Å². The minimum Gasteiger partial charge on any atom is -0.352 e. The van der Waals surface area contributed by atoms with Crippen LogP contribution in [-0.2, 0) is 0 Å². The van der Waals surface area contributed by atoms with E-state index in [1.165, 1.54) is 0 Å². The standard InChI is InChI=1S/C14H19BrClNOS/c1-10(9-15)4-3-7-17-14(18)12-8-11(19-2)5-6-13(12)16/h5-6,8,10H,3-4,7,9H2,1-2H3,(H,17,18). The SMILES string of the molecule is CSc1ccc(Cl)c(C(=O)NCCCC(C)CBr)c1. The van der Waals surface area contributed by atoms with Crippen LogP contribution in [0.15, 0.2) is 23.1 Å². The van der Waals surface area contributed by atoms with Crippen LogP contribution in [0.3, 0.4) is 0 Å². The van der Waals surface area contributed by atoms with Crippen molar-refractivity contribution in [3.8, 4) is 0 Å². The van der Waals surface area contributed by atoms with Gasteiger partial charge in [-0.3, -0.25) is 4.79 Å². The monoisotopic (exact) mass is 363 g/mol. The Labute approximate surface area is 132 Å². The molecule has 0 aromatic heterocycles. The first-order chi connectivity index (χ1) is 9.08. The van der Waals surface area contributed by atoms with Crippen LogP contribution < -0.4 is 5.32 Å². The number of hydrogen-bond donors (Lipinski definition) is 1. The summed E-state index contributed by atoms with van der Waals surface area (Å²) < 4.78 is 0. The lowest BCUT2D eigenvalue weighted by molar-refractivity contribution is 0.0952. The van der Waals surface area contributed by atoms with Gasteiger partial charge in [-0.05, 0) is 43.2 Å². The maximum absolute atomic E-state index is 12.0. The van der Waals surface area contributed by atoms with Gasteiger partial charge in [0.05, 0.1) is 10.6 Å². The van der Waals surface area contributed by atoms with E-state index < -0.39 is 0 Å². The van der Waals surface area contributed by atoms with Crippen LogP contribution in [0.4, 0.5) is 0 Å². The molecule has 0 aliphatic heterocycles. The second kappa shape index (κ2) is 8.88. The van der Waals surface area contributed by atoms with E-state index in [4.69, 9.17) is 11.6 Å². The summed E-state index contributed by atoms with van der Waals surface area (Å²) in [5.41, 5.74) is 0.557. The quantitative estimate of drug-likeness (QED) is 0.435. The predicted octanol–water partition coefficient (Wildman–Crippen LogP) is 4.60.